The number of carbonyl (C=O) groups is 1. The maximum atomic E-state index is 11.4. The zero-order valence-corrected chi connectivity index (χ0v) is 14.7. The summed E-state index contributed by atoms with van der Waals surface area (Å²) >= 11 is 0. The topological polar surface area (TPSA) is 75.3 Å². The Morgan fingerprint density at radius 1 is 1.04 bits per heavy atom. The minimum Gasteiger partial charge on any atom is -0.465 e. The van der Waals surface area contributed by atoms with Crippen LogP contribution in [-0.2, 0) is 10.8 Å². The number of anilines is 2. The van der Waals surface area contributed by atoms with E-state index in [-0.39, 0.29) is 10.8 Å². The van der Waals surface area contributed by atoms with Gasteiger partial charge in [-0.05, 0) is 39.5 Å². The number of hydrogen-bond donors (Lipinski definition) is 3. The van der Waals surface area contributed by atoms with Gasteiger partial charge in [0.1, 0.15) is 0 Å². The minimum absolute atomic E-state index is 0.115. The van der Waals surface area contributed by atoms with Crippen LogP contribution in [0.5, 0.6) is 0 Å². The fourth-order valence-corrected chi connectivity index (χ4v) is 3.03. The van der Waals surface area contributed by atoms with E-state index in [0.29, 0.717) is 11.4 Å². The molecule has 23 heavy (non-hydrogen) atoms. The summed E-state index contributed by atoms with van der Waals surface area (Å²) < 4.78 is 0. The summed E-state index contributed by atoms with van der Waals surface area (Å²) in [4.78, 5) is 11.4. The lowest BCUT2D eigenvalue weighted by Gasteiger charge is -2.33. The molecule has 0 aliphatic rings. The molecule has 0 unspecified atom stereocenters. The van der Waals surface area contributed by atoms with E-state index in [2.05, 4.69) is 52.9 Å². The van der Waals surface area contributed by atoms with Gasteiger partial charge in [-0.25, -0.2) is 4.79 Å². The lowest BCUT2D eigenvalue weighted by Crippen LogP contribution is -2.25. The highest BCUT2D eigenvalue weighted by molar-refractivity contribution is 6.03. The maximum Gasteiger partial charge on any atom is 0.409 e. The van der Waals surface area contributed by atoms with Gasteiger partial charge < -0.3 is 10.8 Å². The van der Waals surface area contributed by atoms with Crippen LogP contribution in [0, 0.1) is 0 Å². The first-order chi connectivity index (χ1) is 10.4. The van der Waals surface area contributed by atoms with E-state index >= 15 is 0 Å². The molecule has 1 amide bonds. The predicted molar refractivity (Wildman–Crippen MR) is 97.4 cm³/mol. The minimum atomic E-state index is -1.06. The second-order valence-corrected chi connectivity index (χ2v) is 8.08. The summed E-state index contributed by atoms with van der Waals surface area (Å²) in [6.07, 6.45) is -1.06. The van der Waals surface area contributed by atoms with Crippen LogP contribution >= 0.6 is 0 Å². The molecule has 2 aromatic rings. The van der Waals surface area contributed by atoms with Crippen molar-refractivity contribution in [3.8, 4) is 0 Å². The number of benzene rings is 2. The number of nitrogen functional groups attached to an aromatic ring is 1. The zero-order valence-electron chi connectivity index (χ0n) is 14.7. The molecular weight excluding hydrogens is 288 g/mol. The van der Waals surface area contributed by atoms with Crippen molar-refractivity contribution < 1.29 is 9.90 Å². The molecule has 2 aromatic carbocycles. The third kappa shape index (κ3) is 3.41. The first-order valence-electron chi connectivity index (χ1n) is 7.78. The SMILES string of the molecule is CC(C)(C)c1cc2cc(N)ccc2c(NC(=O)O)c1C(C)(C)C. The van der Waals surface area contributed by atoms with Gasteiger partial charge in [0, 0.05) is 11.1 Å². The van der Waals surface area contributed by atoms with Crippen LogP contribution < -0.4 is 11.1 Å². The van der Waals surface area contributed by atoms with E-state index in [1.165, 1.54) is 0 Å². The van der Waals surface area contributed by atoms with E-state index < -0.39 is 6.09 Å². The van der Waals surface area contributed by atoms with Crippen LogP contribution in [-0.4, -0.2) is 11.2 Å². The third-order valence-electron chi connectivity index (χ3n) is 3.95. The average Bonchev–Trinajstić information content (AvgIpc) is 2.34. The van der Waals surface area contributed by atoms with Gasteiger partial charge in [0.2, 0.25) is 0 Å². The van der Waals surface area contributed by atoms with Crippen molar-refractivity contribution in [2.45, 2.75) is 52.4 Å². The molecular formula is C19H26N2O2. The molecule has 0 atom stereocenters. The third-order valence-corrected chi connectivity index (χ3v) is 3.95. The number of nitrogens with one attached hydrogen (secondary N) is 1. The molecule has 0 aromatic heterocycles. The standard InChI is InChI=1S/C19H26N2O2/c1-18(2,3)14-10-11-9-12(20)7-8-13(11)16(21-17(22)23)15(14)19(4,5)6/h7-10,21H,20H2,1-6H3,(H,22,23). The van der Waals surface area contributed by atoms with Crippen LogP contribution in [0.15, 0.2) is 24.3 Å². The molecule has 2 rings (SSSR count). The van der Waals surface area contributed by atoms with Crippen molar-refractivity contribution in [1.29, 1.82) is 0 Å². The van der Waals surface area contributed by atoms with Crippen LogP contribution in [0.3, 0.4) is 0 Å². The fraction of sp³-hybridized carbons (Fsp3) is 0.421. The van der Waals surface area contributed by atoms with Crippen LogP contribution in [0.1, 0.15) is 52.7 Å². The Labute approximate surface area is 137 Å². The van der Waals surface area contributed by atoms with Crippen LogP contribution in [0.4, 0.5) is 16.2 Å². The maximum absolute atomic E-state index is 11.4. The number of hydrogen-bond acceptors (Lipinski definition) is 2. The van der Waals surface area contributed by atoms with Crippen molar-refractivity contribution in [3.05, 3.63) is 35.4 Å². The van der Waals surface area contributed by atoms with E-state index in [1.807, 2.05) is 12.1 Å². The Kier molecular flexibility index (Phi) is 4.05. The highest BCUT2D eigenvalue weighted by atomic mass is 16.4. The van der Waals surface area contributed by atoms with Gasteiger partial charge in [-0.15, -0.1) is 0 Å². The van der Waals surface area contributed by atoms with E-state index in [1.54, 1.807) is 6.07 Å². The summed E-state index contributed by atoms with van der Waals surface area (Å²) in [5.41, 5.74) is 9.10. The Morgan fingerprint density at radius 3 is 2.13 bits per heavy atom. The lowest BCUT2D eigenvalue weighted by atomic mass is 9.73. The van der Waals surface area contributed by atoms with Gasteiger partial charge in [0.25, 0.3) is 0 Å². The zero-order chi connectivity index (χ0) is 17.6. The molecule has 0 aliphatic carbocycles. The van der Waals surface area contributed by atoms with E-state index in [4.69, 9.17) is 5.73 Å². The number of rotatable bonds is 1. The molecule has 0 spiro atoms. The molecule has 0 bridgehead atoms. The summed E-state index contributed by atoms with van der Waals surface area (Å²) in [5.74, 6) is 0. The number of amides is 1. The lowest BCUT2D eigenvalue weighted by molar-refractivity contribution is 0.209. The van der Waals surface area contributed by atoms with Gasteiger partial charge in [-0.1, -0.05) is 53.7 Å². The summed E-state index contributed by atoms with van der Waals surface area (Å²) in [7, 11) is 0. The van der Waals surface area contributed by atoms with Crippen molar-refractivity contribution in [1.82, 2.24) is 0 Å². The Hall–Kier alpha value is -2.23. The number of fused-ring (bicyclic) bond motifs is 1. The van der Waals surface area contributed by atoms with Crippen molar-refractivity contribution in [2.24, 2.45) is 0 Å². The smallest absolute Gasteiger partial charge is 0.409 e. The second-order valence-electron chi connectivity index (χ2n) is 8.08. The Morgan fingerprint density at radius 2 is 1.65 bits per heavy atom. The second kappa shape index (κ2) is 5.44. The van der Waals surface area contributed by atoms with Crippen molar-refractivity contribution in [3.63, 3.8) is 0 Å². The summed E-state index contributed by atoms with van der Waals surface area (Å²) in [6.45, 7) is 12.7. The molecule has 4 nitrogen and oxygen atoms in total. The molecule has 4 heteroatoms. The monoisotopic (exact) mass is 314 g/mol. The van der Waals surface area contributed by atoms with Gasteiger partial charge in [0.05, 0.1) is 5.69 Å². The summed E-state index contributed by atoms with van der Waals surface area (Å²) in [6, 6.07) is 7.72. The molecule has 0 heterocycles. The van der Waals surface area contributed by atoms with Gasteiger partial charge in [-0.3, -0.25) is 5.32 Å². The first-order valence-corrected chi connectivity index (χ1v) is 7.78. The van der Waals surface area contributed by atoms with Gasteiger partial charge in [0.15, 0.2) is 0 Å². The first kappa shape index (κ1) is 17.1. The highest BCUT2D eigenvalue weighted by Crippen LogP contribution is 2.43. The van der Waals surface area contributed by atoms with Gasteiger partial charge in [-0.2, -0.15) is 0 Å². The predicted octanol–water partition coefficient (Wildman–Crippen LogP) is 5.11. The van der Waals surface area contributed by atoms with Crippen LogP contribution in [0.2, 0.25) is 0 Å². The molecule has 0 fully saturated rings. The Bertz CT molecular complexity index is 766. The van der Waals surface area contributed by atoms with Crippen molar-refractivity contribution >= 4 is 28.2 Å². The average molecular weight is 314 g/mol. The highest BCUT2D eigenvalue weighted by Gasteiger charge is 2.30. The van der Waals surface area contributed by atoms with Crippen molar-refractivity contribution in [2.75, 3.05) is 11.1 Å². The molecule has 124 valence electrons. The molecule has 0 aliphatic heterocycles. The number of carboxylic acid groups (broad SMARTS) is 1. The largest absolute Gasteiger partial charge is 0.465 e. The Balaban J connectivity index is 3.00. The normalized spacial score (nSPS) is 12.4. The van der Waals surface area contributed by atoms with E-state index in [0.717, 1.165) is 21.9 Å². The molecule has 0 saturated heterocycles. The fourth-order valence-electron chi connectivity index (χ4n) is 3.03. The van der Waals surface area contributed by atoms with E-state index in [9.17, 15) is 9.90 Å². The quantitative estimate of drug-likeness (QED) is 0.640. The molecule has 0 saturated carbocycles. The molecule has 4 N–H and O–H groups in total. The molecule has 0 radical (unpaired) electrons. The number of nitrogens with two attached hydrogens (primary N) is 1. The summed E-state index contributed by atoms with van der Waals surface area (Å²) in [5, 5.41) is 13.8. The van der Waals surface area contributed by atoms with Gasteiger partial charge >= 0.3 is 6.09 Å². The van der Waals surface area contributed by atoms with Crippen LogP contribution in [0.25, 0.3) is 10.8 Å².